The Morgan fingerprint density at radius 2 is 2.14 bits per heavy atom. The zero-order chi connectivity index (χ0) is 15.6. The maximum atomic E-state index is 13.5. The minimum absolute atomic E-state index is 0.0212. The van der Waals surface area contributed by atoms with Gasteiger partial charge in [-0.05, 0) is 43.4 Å². The molecule has 1 aliphatic heterocycles. The number of carbonyl (C=O) groups excluding carboxylic acids is 1. The molecular formula is C15H19Cl2FN2O. The van der Waals surface area contributed by atoms with Crippen LogP contribution in [-0.2, 0) is 0 Å². The van der Waals surface area contributed by atoms with Gasteiger partial charge in [0, 0.05) is 18.1 Å². The molecule has 1 fully saturated rings. The van der Waals surface area contributed by atoms with Crippen molar-refractivity contribution in [3.05, 3.63) is 33.6 Å². The number of hydrogen-bond acceptors (Lipinski definition) is 1. The van der Waals surface area contributed by atoms with Crippen molar-refractivity contribution < 1.29 is 9.18 Å². The lowest BCUT2D eigenvalue weighted by atomic mass is 10.0. The van der Waals surface area contributed by atoms with Crippen molar-refractivity contribution in [2.45, 2.75) is 32.7 Å². The molecule has 0 bridgehead atoms. The highest BCUT2D eigenvalue weighted by molar-refractivity contribution is 6.35. The van der Waals surface area contributed by atoms with E-state index in [0.29, 0.717) is 16.5 Å². The van der Waals surface area contributed by atoms with E-state index in [1.165, 1.54) is 12.1 Å². The fourth-order valence-corrected chi connectivity index (χ4v) is 3.14. The molecule has 3 nitrogen and oxygen atoms in total. The molecule has 2 atom stereocenters. The zero-order valence-electron chi connectivity index (χ0n) is 12.1. The number of piperidine rings is 1. The van der Waals surface area contributed by atoms with Crippen LogP contribution < -0.4 is 5.32 Å². The Labute approximate surface area is 134 Å². The summed E-state index contributed by atoms with van der Waals surface area (Å²) in [6, 6.07) is 2.11. The summed E-state index contributed by atoms with van der Waals surface area (Å²) in [4.78, 5) is 14.0. The van der Waals surface area contributed by atoms with E-state index >= 15 is 0 Å². The molecule has 1 heterocycles. The van der Waals surface area contributed by atoms with E-state index in [2.05, 4.69) is 12.2 Å². The Morgan fingerprint density at radius 1 is 1.43 bits per heavy atom. The molecule has 0 aliphatic carbocycles. The first-order chi connectivity index (χ1) is 9.88. The topological polar surface area (TPSA) is 32.3 Å². The Morgan fingerprint density at radius 3 is 2.81 bits per heavy atom. The third kappa shape index (κ3) is 4.01. The number of likely N-dealkylation sites (tertiary alicyclic amines) is 1. The van der Waals surface area contributed by atoms with E-state index < -0.39 is 5.82 Å². The lowest BCUT2D eigenvalue weighted by Gasteiger charge is -2.32. The van der Waals surface area contributed by atoms with Gasteiger partial charge in [0.05, 0.1) is 11.1 Å². The number of halogens is 3. The first-order valence-electron chi connectivity index (χ1n) is 7.08. The van der Waals surface area contributed by atoms with Crippen LogP contribution >= 0.6 is 23.2 Å². The Kier molecular flexibility index (Phi) is 5.33. The number of urea groups is 1. The van der Waals surface area contributed by atoms with Crippen molar-refractivity contribution in [1.29, 1.82) is 0 Å². The maximum absolute atomic E-state index is 13.5. The van der Waals surface area contributed by atoms with E-state index in [0.717, 1.165) is 25.9 Å². The number of amides is 2. The first-order valence-corrected chi connectivity index (χ1v) is 7.84. The number of carbonyl (C=O) groups is 1. The molecule has 2 unspecified atom stereocenters. The summed E-state index contributed by atoms with van der Waals surface area (Å²) in [5, 5.41) is 3.19. The van der Waals surface area contributed by atoms with Gasteiger partial charge in [-0.1, -0.05) is 30.1 Å². The second-order valence-electron chi connectivity index (χ2n) is 5.65. The molecule has 1 N–H and O–H groups in total. The molecule has 1 aromatic rings. The molecular weight excluding hydrogens is 314 g/mol. The van der Waals surface area contributed by atoms with Gasteiger partial charge in [0.1, 0.15) is 5.82 Å². The summed E-state index contributed by atoms with van der Waals surface area (Å²) in [6.45, 7) is 5.42. The molecule has 1 saturated heterocycles. The van der Waals surface area contributed by atoms with Crippen molar-refractivity contribution in [3.63, 3.8) is 0 Å². The number of rotatable bonds is 2. The summed E-state index contributed by atoms with van der Waals surface area (Å²) in [6.07, 6.45) is 2.16. The summed E-state index contributed by atoms with van der Waals surface area (Å²) in [7, 11) is 0. The first kappa shape index (κ1) is 16.4. The molecule has 2 amide bonds. The van der Waals surface area contributed by atoms with Crippen LogP contribution in [0.3, 0.4) is 0 Å². The van der Waals surface area contributed by atoms with E-state index in [1.54, 1.807) is 11.8 Å². The highest BCUT2D eigenvalue weighted by atomic mass is 35.5. The Bertz CT molecular complexity index is 539. The van der Waals surface area contributed by atoms with Gasteiger partial charge in [-0.3, -0.25) is 0 Å². The fourth-order valence-electron chi connectivity index (χ4n) is 2.60. The average Bonchev–Trinajstić information content (AvgIpc) is 2.42. The van der Waals surface area contributed by atoms with Gasteiger partial charge in [0.2, 0.25) is 0 Å². The van der Waals surface area contributed by atoms with Crippen LogP contribution in [0.2, 0.25) is 10.0 Å². The second kappa shape index (κ2) is 6.84. The van der Waals surface area contributed by atoms with Crippen LogP contribution in [0.15, 0.2) is 12.1 Å². The third-order valence-corrected chi connectivity index (χ3v) is 4.41. The van der Waals surface area contributed by atoms with Crippen LogP contribution in [0, 0.1) is 11.7 Å². The quantitative estimate of drug-likeness (QED) is 0.786. The van der Waals surface area contributed by atoms with Crippen LogP contribution in [0.4, 0.5) is 9.18 Å². The third-order valence-electron chi connectivity index (χ3n) is 3.79. The van der Waals surface area contributed by atoms with Gasteiger partial charge in [-0.2, -0.15) is 0 Å². The normalized spacial score (nSPS) is 20.2. The lowest BCUT2D eigenvalue weighted by molar-refractivity contribution is 0.167. The van der Waals surface area contributed by atoms with Gasteiger partial charge in [-0.25, -0.2) is 9.18 Å². The maximum Gasteiger partial charge on any atom is 0.317 e. The molecule has 0 radical (unpaired) electrons. The number of nitrogens with zero attached hydrogens (tertiary/aromatic N) is 1. The van der Waals surface area contributed by atoms with Crippen LogP contribution in [0.1, 0.15) is 38.3 Å². The molecule has 6 heteroatoms. The predicted molar refractivity (Wildman–Crippen MR) is 83.3 cm³/mol. The second-order valence-corrected chi connectivity index (χ2v) is 6.47. The van der Waals surface area contributed by atoms with E-state index in [-0.39, 0.29) is 17.1 Å². The lowest BCUT2D eigenvalue weighted by Crippen LogP contribution is -2.45. The van der Waals surface area contributed by atoms with Crippen LogP contribution in [0.25, 0.3) is 0 Å². The highest BCUT2D eigenvalue weighted by Gasteiger charge is 2.23. The minimum Gasteiger partial charge on any atom is -0.331 e. The summed E-state index contributed by atoms with van der Waals surface area (Å²) in [5.41, 5.74) is 0.525. The van der Waals surface area contributed by atoms with Crippen molar-refractivity contribution in [3.8, 4) is 0 Å². The van der Waals surface area contributed by atoms with Crippen molar-refractivity contribution in [1.82, 2.24) is 10.2 Å². The Hall–Kier alpha value is -1.00. The smallest absolute Gasteiger partial charge is 0.317 e. The summed E-state index contributed by atoms with van der Waals surface area (Å²) >= 11 is 11.8. The molecule has 2 rings (SSSR count). The zero-order valence-corrected chi connectivity index (χ0v) is 13.6. The fraction of sp³-hybridized carbons (Fsp3) is 0.533. The average molecular weight is 333 g/mol. The molecule has 0 aromatic heterocycles. The monoisotopic (exact) mass is 332 g/mol. The minimum atomic E-state index is -0.538. The SMILES string of the molecule is CC1CCCN(C(=O)NC(C)c2cc(F)c(Cl)cc2Cl)C1. The standard InChI is InChI=1S/C15H19Cl2FN2O/c1-9-4-3-5-20(8-9)15(21)19-10(2)11-6-14(18)13(17)7-12(11)16/h6-7,9-10H,3-5,8H2,1-2H3,(H,19,21). The molecule has 1 aliphatic rings. The summed E-state index contributed by atoms with van der Waals surface area (Å²) in [5.74, 6) is -0.0277. The number of hydrogen-bond donors (Lipinski definition) is 1. The van der Waals surface area contributed by atoms with Crippen LogP contribution in [0.5, 0.6) is 0 Å². The van der Waals surface area contributed by atoms with Gasteiger partial charge in [0.25, 0.3) is 0 Å². The largest absolute Gasteiger partial charge is 0.331 e. The van der Waals surface area contributed by atoms with Gasteiger partial charge in [0.15, 0.2) is 0 Å². The van der Waals surface area contributed by atoms with Crippen molar-refractivity contribution in [2.24, 2.45) is 5.92 Å². The van der Waals surface area contributed by atoms with Crippen molar-refractivity contribution in [2.75, 3.05) is 13.1 Å². The van der Waals surface area contributed by atoms with Gasteiger partial charge >= 0.3 is 6.03 Å². The molecule has 116 valence electrons. The predicted octanol–water partition coefficient (Wildman–Crippen LogP) is 4.64. The number of benzene rings is 1. The van der Waals surface area contributed by atoms with Gasteiger partial charge < -0.3 is 10.2 Å². The number of nitrogens with one attached hydrogen (secondary N) is 1. The van der Waals surface area contributed by atoms with E-state index in [1.807, 2.05) is 0 Å². The molecule has 1 aromatic carbocycles. The van der Waals surface area contributed by atoms with Crippen LogP contribution in [-0.4, -0.2) is 24.0 Å². The van der Waals surface area contributed by atoms with E-state index in [9.17, 15) is 9.18 Å². The highest BCUT2D eigenvalue weighted by Crippen LogP contribution is 2.28. The van der Waals surface area contributed by atoms with Crippen molar-refractivity contribution >= 4 is 29.2 Å². The summed E-state index contributed by atoms with van der Waals surface area (Å²) < 4.78 is 13.5. The Balaban J connectivity index is 2.05. The van der Waals surface area contributed by atoms with Gasteiger partial charge in [-0.15, -0.1) is 0 Å². The van der Waals surface area contributed by atoms with E-state index in [4.69, 9.17) is 23.2 Å². The molecule has 0 saturated carbocycles. The molecule has 0 spiro atoms. The molecule has 21 heavy (non-hydrogen) atoms.